The van der Waals surface area contributed by atoms with Gasteiger partial charge in [-0.15, -0.1) is 0 Å². The quantitative estimate of drug-likeness (QED) is 0.381. The van der Waals surface area contributed by atoms with Crippen LogP contribution in [0.2, 0.25) is 0 Å². The number of fused-ring (bicyclic) bond motifs is 1. The van der Waals surface area contributed by atoms with E-state index in [1.807, 2.05) is 43.3 Å². The van der Waals surface area contributed by atoms with Gasteiger partial charge in [0, 0.05) is 35.4 Å². The van der Waals surface area contributed by atoms with Crippen LogP contribution >= 0.6 is 0 Å². The number of hydrogen-bond acceptors (Lipinski definition) is 7. The third-order valence-corrected chi connectivity index (χ3v) is 4.89. The molecule has 0 fully saturated rings. The molecule has 8 nitrogen and oxygen atoms in total. The molecule has 0 saturated heterocycles. The number of ether oxygens (including phenoxy) is 2. The fraction of sp³-hybridized carbons (Fsp3) is 0.261. The van der Waals surface area contributed by atoms with Crippen molar-refractivity contribution in [2.45, 2.75) is 19.4 Å². The topological polar surface area (TPSA) is 125 Å². The second-order valence-corrected chi connectivity index (χ2v) is 7.40. The predicted molar refractivity (Wildman–Crippen MR) is 120 cm³/mol. The van der Waals surface area contributed by atoms with Gasteiger partial charge in [0.15, 0.2) is 0 Å². The van der Waals surface area contributed by atoms with Crippen molar-refractivity contribution >= 4 is 10.9 Å². The van der Waals surface area contributed by atoms with E-state index in [2.05, 4.69) is 20.2 Å². The van der Waals surface area contributed by atoms with Crippen molar-refractivity contribution in [3.63, 3.8) is 0 Å². The Kier molecular flexibility index (Phi) is 6.40. The molecule has 4 aromatic rings. The van der Waals surface area contributed by atoms with Crippen molar-refractivity contribution in [3.05, 3.63) is 66.2 Å². The molecule has 0 spiro atoms. The molecule has 1 atom stereocenters. The maximum Gasteiger partial charge on any atom is 0.138 e. The van der Waals surface area contributed by atoms with Crippen LogP contribution in [-0.2, 0) is 6.42 Å². The molecule has 5 N–H and O–H groups in total. The number of rotatable bonds is 9. The van der Waals surface area contributed by atoms with Gasteiger partial charge in [-0.2, -0.15) is 5.10 Å². The number of H-pyrrole nitrogens is 1. The number of aryl methyl sites for hydroxylation is 1. The number of nitrogens with two attached hydrogens (primary N) is 2. The van der Waals surface area contributed by atoms with Gasteiger partial charge in [-0.3, -0.25) is 15.1 Å². The van der Waals surface area contributed by atoms with Crippen LogP contribution in [0, 0.1) is 6.92 Å². The summed E-state index contributed by atoms with van der Waals surface area (Å²) < 4.78 is 11.5. The van der Waals surface area contributed by atoms with Crippen LogP contribution in [0.15, 0.2) is 55.0 Å². The Morgan fingerprint density at radius 3 is 2.84 bits per heavy atom. The van der Waals surface area contributed by atoms with Gasteiger partial charge in [-0.25, -0.2) is 0 Å². The first-order valence-electron chi connectivity index (χ1n) is 10.2. The summed E-state index contributed by atoms with van der Waals surface area (Å²) in [4.78, 5) is 8.79. The summed E-state index contributed by atoms with van der Waals surface area (Å²) in [7, 11) is 0. The molecule has 0 aliphatic heterocycles. The molecular weight excluding hydrogens is 392 g/mol. The maximum absolute atomic E-state index is 6.29. The highest BCUT2D eigenvalue weighted by atomic mass is 16.5. The monoisotopic (exact) mass is 418 g/mol. The average Bonchev–Trinajstić information content (AvgIpc) is 3.17. The van der Waals surface area contributed by atoms with Crippen LogP contribution in [0.4, 0.5) is 0 Å². The third-order valence-electron chi connectivity index (χ3n) is 4.89. The van der Waals surface area contributed by atoms with Gasteiger partial charge in [-0.05, 0) is 43.2 Å². The van der Waals surface area contributed by atoms with Crippen LogP contribution < -0.4 is 20.9 Å². The van der Waals surface area contributed by atoms with Crippen LogP contribution in [-0.4, -0.2) is 46.0 Å². The molecule has 31 heavy (non-hydrogen) atoms. The van der Waals surface area contributed by atoms with Crippen molar-refractivity contribution < 1.29 is 9.47 Å². The van der Waals surface area contributed by atoms with E-state index in [4.69, 9.17) is 20.9 Å². The molecule has 3 heterocycles. The normalized spacial score (nSPS) is 12.1. The van der Waals surface area contributed by atoms with Gasteiger partial charge >= 0.3 is 0 Å². The molecule has 0 aliphatic rings. The summed E-state index contributed by atoms with van der Waals surface area (Å²) in [6, 6.07) is 11.6. The Morgan fingerprint density at radius 1 is 1.06 bits per heavy atom. The largest absolute Gasteiger partial charge is 0.492 e. The zero-order valence-electron chi connectivity index (χ0n) is 17.4. The van der Waals surface area contributed by atoms with Gasteiger partial charge < -0.3 is 20.9 Å². The van der Waals surface area contributed by atoms with Crippen LogP contribution in [0.25, 0.3) is 22.2 Å². The molecule has 8 heteroatoms. The van der Waals surface area contributed by atoms with E-state index in [1.165, 1.54) is 0 Å². The van der Waals surface area contributed by atoms with Crippen molar-refractivity contribution in [3.8, 4) is 22.8 Å². The van der Waals surface area contributed by atoms with E-state index in [-0.39, 0.29) is 6.04 Å². The first kappa shape index (κ1) is 20.8. The minimum atomic E-state index is -0.170. The Hall–Kier alpha value is -3.49. The summed E-state index contributed by atoms with van der Waals surface area (Å²) >= 11 is 0. The van der Waals surface area contributed by atoms with Gasteiger partial charge in [-0.1, -0.05) is 12.1 Å². The van der Waals surface area contributed by atoms with Crippen LogP contribution in [0.1, 0.15) is 11.3 Å². The second kappa shape index (κ2) is 9.55. The lowest BCUT2D eigenvalue weighted by atomic mass is 10.1. The molecule has 160 valence electrons. The lowest BCUT2D eigenvalue weighted by molar-refractivity contribution is 0.286. The molecule has 0 amide bonds. The number of aromatic amines is 1. The number of hydrogen-bond donors (Lipinski definition) is 3. The van der Waals surface area contributed by atoms with E-state index in [0.29, 0.717) is 31.9 Å². The summed E-state index contributed by atoms with van der Waals surface area (Å²) in [6.45, 7) is 3.32. The molecule has 0 aliphatic carbocycles. The Labute approximate surface area is 180 Å². The zero-order chi connectivity index (χ0) is 21.6. The SMILES string of the molecule is Cc1[nH]nc2cnc(-c3cncc(OC[C@@H](N)Cc4cccc(OCCN)c4)c3)cc12. The molecule has 0 saturated carbocycles. The van der Waals surface area contributed by atoms with Crippen molar-refractivity contribution in [2.24, 2.45) is 11.5 Å². The van der Waals surface area contributed by atoms with Crippen molar-refractivity contribution in [2.75, 3.05) is 19.8 Å². The fourth-order valence-electron chi connectivity index (χ4n) is 3.34. The van der Waals surface area contributed by atoms with E-state index in [9.17, 15) is 0 Å². The van der Waals surface area contributed by atoms with Gasteiger partial charge in [0.25, 0.3) is 0 Å². The third kappa shape index (κ3) is 5.17. The number of nitrogens with one attached hydrogen (secondary N) is 1. The number of aromatic nitrogens is 4. The maximum atomic E-state index is 6.29. The minimum absolute atomic E-state index is 0.170. The predicted octanol–water partition coefficient (Wildman–Crippen LogP) is 2.61. The molecule has 1 aromatic carbocycles. The summed E-state index contributed by atoms with van der Waals surface area (Å²) in [6.07, 6.45) is 5.87. The number of benzene rings is 1. The lowest BCUT2D eigenvalue weighted by Gasteiger charge is -2.14. The van der Waals surface area contributed by atoms with Gasteiger partial charge in [0.05, 0.1) is 18.1 Å². The highest BCUT2D eigenvalue weighted by molar-refractivity contribution is 5.84. The number of pyridine rings is 2. The van der Waals surface area contributed by atoms with Crippen molar-refractivity contribution in [1.29, 1.82) is 0 Å². The highest BCUT2D eigenvalue weighted by Crippen LogP contribution is 2.25. The van der Waals surface area contributed by atoms with E-state index >= 15 is 0 Å². The Balaban J connectivity index is 1.39. The molecule has 3 aromatic heterocycles. The molecule has 0 bridgehead atoms. The Morgan fingerprint density at radius 2 is 1.97 bits per heavy atom. The van der Waals surface area contributed by atoms with E-state index in [0.717, 1.165) is 39.2 Å². The molecule has 0 radical (unpaired) electrons. The first-order valence-corrected chi connectivity index (χ1v) is 10.2. The van der Waals surface area contributed by atoms with Crippen LogP contribution in [0.3, 0.4) is 0 Å². The molecular formula is C23H26N6O2. The fourth-order valence-corrected chi connectivity index (χ4v) is 3.34. The number of nitrogens with zero attached hydrogens (tertiary/aromatic N) is 3. The first-order chi connectivity index (χ1) is 15.1. The van der Waals surface area contributed by atoms with Gasteiger partial charge in [0.2, 0.25) is 0 Å². The van der Waals surface area contributed by atoms with Gasteiger partial charge in [0.1, 0.15) is 30.2 Å². The zero-order valence-corrected chi connectivity index (χ0v) is 17.4. The molecule has 4 rings (SSSR count). The van der Waals surface area contributed by atoms with E-state index in [1.54, 1.807) is 18.6 Å². The minimum Gasteiger partial charge on any atom is -0.492 e. The summed E-state index contributed by atoms with van der Waals surface area (Å²) in [5.41, 5.74) is 16.4. The summed E-state index contributed by atoms with van der Waals surface area (Å²) in [5.74, 6) is 1.45. The standard InChI is InChI=1S/C23H26N6O2/c1-15-21-10-22(27-13-23(21)29-28-15)17-9-20(12-26-11-17)31-14-18(25)7-16-3-2-4-19(8-16)30-6-5-24/h2-4,8-13,18H,5-7,14,24-25H2,1H3,(H,28,29)/t18-/m0/s1. The smallest absolute Gasteiger partial charge is 0.138 e. The average molecular weight is 419 g/mol. The lowest BCUT2D eigenvalue weighted by Crippen LogP contribution is -2.30. The second-order valence-electron chi connectivity index (χ2n) is 7.40. The van der Waals surface area contributed by atoms with E-state index < -0.39 is 0 Å². The molecule has 0 unspecified atom stereocenters. The Bertz CT molecular complexity index is 1160. The highest BCUT2D eigenvalue weighted by Gasteiger charge is 2.10. The van der Waals surface area contributed by atoms with Crippen LogP contribution in [0.5, 0.6) is 11.5 Å². The van der Waals surface area contributed by atoms with Crippen molar-refractivity contribution in [1.82, 2.24) is 20.2 Å². The summed E-state index contributed by atoms with van der Waals surface area (Å²) in [5, 5.41) is 8.23.